The zero-order chi connectivity index (χ0) is 16.6. The number of hydrogen-bond donors (Lipinski definition) is 1. The Morgan fingerprint density at radius 2 is 1.58 bits per heavy atom. The van der Waals surface area contributed by atoms with Crippen molar-refractivity contribution in [2.75, 3.05) is 18.1 Å². The molecule has 1 saturated heterocycles. The second kappa shape index (κ2) is 8.90. The Morgan fingerprint density at radius 1 is 1.00 bits per heavy atom. The van der Waals surface area contributed by atoms with Gasteiger partial charge in [0.05, 0.1) is 0 Å². The van der Waals surface area contributed by atoms with Crippen LogP contribution in [0.3, 0.4) is 0 Å². The first kappa shape index (κ1) is 17.1. The number of hydrogen-bond acceptors (Lipinski definition) is 3. The SMILES string of the molecule is O=C(CC1CSCCN1)N(Cc1ccccc1)Cc1ccccc1. The van der Waals surface area contributed by atoms with Crippen molar-refractivity contribution in [3.63, 3.8) is 0 Å². The van der Waals surface area contributed by atoms with Gasteiger partial charge in [0.1, 0.15) is 0 Å². The minimum atomic E-state index is 0.225. The lowest BCUT2D eigenvalue weighted by Crippen LogP contribution is -2.42. The van der Waals surface area contributed by atoms with E-state index < -0.39 is 0 Å². The lowest BCUT2D eigenvalue weighted by molar-refractivity contribution is -0.132. The quantitative estimate of drug-likeness (QED) is 0.876. The van der Waals surface area contributed by atoms with E-state index in [9.17, 15) is 4.79 Å². The zero-order valence-corrected chi connectivity index (χ0v) is 14.7. The predicted octanol–water partition coefficient (Wildman–Crippen LogP) is 3.31. The molecule has 1 amide bonds. The molecule has 3 nitrogen and oxygen atoms in total. The highest BCUT2D eigenvalue weighted by atomic mass is 32.2. The van der Waals surface area contributed by atoms with E-state index in [1.54, 1.807) is 0 Å². The molecule has 2 aromatic carbocycles. The Hall–Kier alpha value is -1.78. The van der Waals surface area contributed by atoms with Crippen LogP contribution in [0.5, 0.6) is 0 Å². The van der Waals surface area contributed by atoms with Crippen LogP contribution in [0.15, 0.2) is 60.7 Å². The zero-order valence-electron chi connectivity index (χ0n) is 13.9. The summed E-state index contributed by atoms with van der Waals surface area (Å²) >= 11 is 1.93. The van der Waals surface area contributed by atoms with Crippen LogP contribution in [0.2, 0.25) is 0 Å². The maximum Gasteiger partial charge on any atom is 0.224 e. The highest BCUT2D eigenvalue weighted by Crippen LogP contribution is 2.15. The molecule has 2 aromatic rings. The molecule has 0 radical (unpaired) electrons. The van der Waals surface area contributed by atoms with Crippen LogP contribution >= 0.6 is 11.8 Å². The third-order valence-electron chi connectivity index (χ3n) is 4.20. The molecule has 4 heteroatoms. The third kappa shape index (κ3) is 5.11. The van der Waals surface area contributed by atoms with E-state index in [0.717, 1.165) is 18.1 Å². The topological polar surface area (TPSA) is 32.3 Å². The van der Waals surface area contributed by atoms with E-state index >= 15 is 0 Å². The summed E-state index contributed by atoms with van der Waals surface area (Å²) in [4.78, 5) is 14.9. The van der Waals surface area contributed by atoms with Gasteiger partial charge in [-0.2, -0.15) is 11.8 Å². The maximum absolute atomic E-state index is 12.9. The van der Waals surface area contributed by atoms with Gasteiger partial charge in [0.25, 0.3) is 0 Å². The van der Waals surface area contributed by atoms with Crippen molar-refractivity contribution in [2.45, 2.75) is 25.6 Å². The first-order valence-corrected chi connectivity index (χ1v) is 9.63. The number of benzene rings is 2. The molecular weight excluding hydrogens is 316 g/mol. The Kier molecular flexibility index (Phi) is 6.33. The molecule has 1 N–H and O–H groups in total. The summed E-state index contributed by atoms with van der Waals surface area (Å²) in [6.45, 7) is 2.32. The molecule has 1 aliphatic rings. The Balaban J connectivity index is 1.69. The van der Waals surface area contributed by atoms with Gasteiger partial charge >= 0.3 is 0 Å². The van der Waals surface area contributed by atoms with Crippen LogP contribution in [0.25, 0.3) is 0 Å². The average molecular weight is 340 g/mol. The lowest BCUT2D eigenvalue weighted by Gasteiger charge is -2.28. The van der Waals surface area contributed by atoms with Crippen molar-refractivity contribution < 1.29 is 4.79 Å². The molecule has 1 aliphatic heterocycles. The summed E-state index contributed by atoms with van der Waals surface area (Å²) in [7, 11) is 0. The fourth-order valence-electron chi connectivity index (χ4n) is 2.93. The number of nitrogens with one attached hydrogen (secondary N) is 1. The smallest absolute Gasteiger partial charge is 0.224 e. The van der Waals surface area contributed by atoms with Crippen molar-refractivity contribution in [2.24, 2.45) is 0 Å². The van der Waals surface area contributed by atoms with Gasteiger partial charge in [-0.3, -0.25) is 4.79 Å². The second-order valence-electron chi connectivity index (χ2n) is 6.15. The molecule has 1 unspecified atom stereocenters. The molecule has 0 spiro atoms. The molecular formula is C20H24N2OS. The Morgan fingerprint density at radius 3 is 2.08 bits per heavy atom. The molecule has 24 heavy (non-hydrogen) atoms. The predicted molar refractivity (Wildman–Crippen MR) is 101 cm³/mol. The normalized spacial score (nSPS) is 17.4. The van der Waals surface area contributed by atoms with E-state index in [-0.39, 0.29) is 5.91 Å². The summed E-state index contributed by atoms with van der Waals surface area (Å²) in [5, 5.41) is 3.46. The van der Waals surface area contributed by atoms with Gasteiger partial charge in [-0.15, -0.1) is 0 Å². The standard InChI is InChI=1S/C20H24N2OS/c23-20(13-19-16-24-12-11-21-19)22(14-17-7-3-1-4-8-17)15-18-9-5-2-6-10-18/h1-10,19,21H,11-16H2. The summed E-state index contributed by atoms with van der Waals surface area (Å²) in [6, 6.07) is 20.8. The van der Waals surface area contributed by atoms with Gasteiger partial charge in [0.2, 0.25) is 5.91 Å². The minimum absolute atomic E-state index is 0.225. The molecule has 3 rings (SSSR count). The lowest BCUT2D eigenvalue weighted by atomic mass is 10.1. The third-order valence-corrected chi connectivity index (χ3v) is 5.34. The highest BCUT2D eigenvalue weighted by Gasteiger charge is 2.21. The maximum atomic E-state index is 12.9. The summed E-state index contributed by atoms with van der Waals surface area (Å²) < 4.78 is 0. The van der Waals surface area contributed by atoms with Crippen molar-refractivity contribution in [3.05, 3.63) is 71.8 Å². The van der Waals surface area contributed by atoms with Crippen LogP contribution in [0, 0.1) is 0 Å². The van der Waals surface area contributed by atoms with Crippen molar-refractivity contribution in [3.8, 4) is 0 Å². The molecule has 1 atom stereocenters. The number of rotatable bonds is 6. The largest absolute Gasteiger partial charge is 0.334 e. The van der Waals surface area contributed by atoms with Crippen LogP contribution in [-0.2, 0) is 17.9 Å². The van der Waals surface area contributed by atoms with Crippen LogP contribution < -0.4 is 5.32 Å². The van der Waals surface area contributed by atoms with Gasteiger partial charge in [-0.25, -0.2) is 0 Å². The van der Waals surface area contributed by atoms with E-state index in [1.807, 2.05) is 53.1 Å². The summed E-state index contributed by atoms with van der Waals surface area (Å²) in [6.07, 6.45) is 0.576. The van der Waals surface area contributed by atoms with Gasteiger partial charge in [0, 0.05) is 43.6 Å². The number of carbonyl (C=O) groups excluding carboxylic acids is 1. The molecule has 0 bridgehead atoms. The van der Waals surface area contributed by atoms with E-state index in [2.05, 4.69) is 29.6 Å². The van der Waals surface area contributed by atoms with Gasteiger partial charge < -0.3 is 10.2 Å². The monoisotopic (exact) mass is 340 g/mol. The van der Waals surface area contributed by atoms with Crippen molar-refractivity contribution in [1.29, 1.82) is 0 Å². The molecule has 126 valence electrons. The fourth-order valence-corrected chi connectivity index (χ4v) is 3.88. The number of thioether (sulfide) groups is 1. The molecule has 1 heterocycles. The molecule has 0 saturated carbocycles. The van der Waals surface area contributed by atoms with Gasteiger partial charge in [-0.1, -0.05) is 60.7 Å². The fraction of sp³-hybridized carbons (Fsp3) is 0.350. The minimum Gasteiger partial charge on any atom is -0.334 e. The van der Waals surface area contributed by atoms with Gasteiger partial charge in [-0.05, 0) is 11.1 Å². The summed E-state index contributed by atoms with van der Waals surface area (Å²) in [5.41, 5.74) is 2.35. The Labute approximate surface area is 148 Å². The van der Waals surface area contributed by atoms with E-state index in [0.29, 0.717) is 25.6 Å². The van der Waals surface area contributed by atoms with Crippen LogP contribution in [0.1, 0.15) is 17.5 Å². The second-order valence-corrected chi connectivity index (χ2v) is 7.30. The molecule has 1 fully saturated rings. The summed E-state index contributed by atoms with van der Waals surface area (Å²) in [5.74, 6) is 2.39. The number of carbonyl (C=O) groups is 1. The van der Waals surface area contributed by atoms with E-state index in [4.69, 9.17) is 0 Å². The molecule has 0 aromatic heterocycles. The van der Waals surface area contributed by atoms with Crippen molar-refractivity contribution >= 4 is 17.7 Å². The highest BCUT2D eigenvalue weighted by molar-refractivity contribution is 7.99. The van der Waals surface area contributed by atoms with Gasteiger partial charge in [0.15, 0.2) is 0 Å². The Bertz CT molecular complexity index is 585. The van der Waals surface area contributed by atoms with Crippen LogP contribution in [0.4, 0.5) is 0 Å². The first-order chi connectivity index (χ1) is 11.8. The average Bonchev–Trinajstić information content (AvgIpc) is 2.64. The van der Waals surface area contributed by atoms with Crippen molar-refractivity contribution in [1.82, 2.24) is 10.2 Å². The van der Waals surface area contributed by atoms with E-state index in [1.165, 1.54) is 11.1 Å². The first-order valence-electron chi connectivity index (χ1n) is 8.48. The number of amides is 1. The van der Waals surface area contributed by atoms with Crippen LogP contribution in [-0.4, -0.2) is 34.9 Å². The number of nitrogens with zero attached hydrogens (tertiary/aromatic N) is 1. The molecule has 0 aliphatic carbocycles.